The number of hydrogen-bond donors (Lipinski definition) is 1. The maximum atomic E-state index is 12.2. The van der Waals surface area contributed by atoms with Crippen LogP contribution < -0.4 is 5.32 Å². The molecule has 1 unspecified atom stereocenters. The molecule has 3 aromatic rings. The van der Waals surface area contributed by atoms with Crippen LogP contribution in [-0.2, 0) is 24.7 Å². The summed E-state index contributed by atoms with van der Waals surface area (Å²) in [5.41, 5.74) is 3.45. The Morgan fingerprint density at radius 2 is 2.15 bits per heavy atom. The van der Waals surface area contributed by atoms with Crippen LogP contribution in [0.2, 0.25) is 0 Å². The van der Waals surface area contributed by atoms with Gasteiger partial charge in [0.2, 0.25) is 5.91 Å². The van der Waals surface area contributed by atoms with Crippen molar-refractivity contribution in [3.63, 3.8) is 0 Å². The highest BCUT2D eigenvalue weighted by Crippen LogP contribution is 2.38. The van der Waals surface area contributed by atoms with E-state index in [0.29, 0.717) is 5.75 Å². The highest BCUT2D eigenvalue weighted by atomic mass is 32.2. The van der Waals surface area contributed by atoms with Gasteiger partial charge in [-0.25, -0.2) is 0 Å². The predicted molar refractivity (Wildman–Crippen MR) is 111 cm³/mol. The molecule has 0 saturated carbocycles. The smallest absolute Gasteiger partial charge is 0.234 e. The molecular weight excluding hydrogens is 376 g/mol. The first-order chi connectivity index (χ1) is 13.1. The summed E-state index contributed by atoms with van der Waals surface area (Å²) in [7, 11) is 1.97. The lowest BCUT2D eigenvalue weighted by Gasteiger charge is -2.18. The molecule has 1 aliphatic rings. The maximum Gasteiger partial charge on any atom is 0.234 e. The Morgan fingerprint density at radius 1 is 1.33 bits per heavy atom. The van der Waals surface area contributed by atoms with Crippen molar-refractivity contribution in [1.82, 2.24) is 14.8 Å². The van der Waals surface area contributed by atoms with Crippen LogP contribution in [-0.4, -0.2) is 26.4 Å². The van der Waals surface area contributed by atoms with Gasteiger partial charge >= 0.3 is 0 Å². The standard InChI is InChI=1S/C20H22N4OS2/c1-13-8-9-15-16(11-26-17(15)10-13)19-22-23-20(24(19)2)27-12-18(25)21-14-6-4-3-5-7-14/h3-7,11,13H,8-10,12H2,1-2H3,(H,21,25). The zero-order valence-corrected chi connectivity index (χ0v) is 17.1. The number of anilines is 1. The fourth-order valence-electron chi connectivity index (χ4n) is 3.39. The van der Waals surface area contributed by atoms with Crippen LogP contribution in [0.4, 0.5) is 5.69 Å². The fourth-order valence-corrected chi connectivity index (χ4v) is 5.34. The second kappa shape index (κ2) is 7.86. The van der Waals surface area contributed by atoms with Crippen molar-refractivity contribution in [2.45, 2.75) is 31.3 Å². The molecule has 27 heavy (non-hydrogen) atoms. The minimum atomic E-state index is -0.0438. The summed E-state index contributed by atoms with van der Waals surface area (Å²) in [6, 6.07) is 9.49. The van der Waals surface area contributed by atoms with Crippen molar-refractivity contribution in [2.24, 2.45) is 13.0 Å². The number of carbonyl (C=O) groups excluding carboxylic acids is 1. The summed E-state index contributed by atoms with van der Waals surface area (Å²) in [5.74, 6) is 1.92. The number of amides is 1. The van der Waals surface area contributed by atoms with Crippen molar-refractivity contribution in [2.75, 3.05) is 11.1 Å². The third-order valence-electron chi connectivity index (χ3n) is 4.87. The molecule has 1 N–H and O–H groups in total. The van der Waals surface area contributed by atoms with Crippen molar-refractivity contribution >= 4 is 34.7 Å². The van der Waals surface area contributed by atoms with Gasteiger partial charge in [-0.3, -0.25) is 4.79 Å². The van der Waals surface area contributed by atoms with Crippen LogP contribution in [0.5, 0.6) is 0 Å². The van der Waals surface area contributed by atoms with E-state index in [-0.39, 0.29) is 5.91 Å². The van der Waals surface area contributed by atoms with Crippen LogP contribution in [0.25, 0.3) is 11.4 Å². The molecule has 4 rings (SSSR count). The minimum Gasteiger partial charge on any atom is -0.325 e. The molecule has 140 valence electrons. The van der Waals surface area contributed by atoms with Crippen LogP contribution in [0.15, 0.2) is 40.9 Å². The average Bonchev–Trinajstić information content (AvgIpc) is 3.23. The lowest BCUT2D eigenvalue weighted by molar-refractivity contribution is -0.113. The maximum absolute atomic E-state index is 12.2. The Labute approximate surface area is 167 Å². The molecular formula is C20H22N4OS2. The summed E-state index contributed by atoms with van der Waals surface area (Å²) in [6.07, 6.45) is 3.51. The molecule has 1 aliphatic carbocycles. The first-order valence-corrected chi connectivity index (χ1v) is 10.9. The monoisotopic (exact) mass is 398 g/mol. The summed E-state index contributed by atoms with van der Waals surface area (Å²) in [5, 5.41) is 14.6. The Balaban J connectivity index is 1.45. The number of thioether (sulfide) groups is 1. The number of nitrogens with one attached hydrogen (secondary N) is 1. The number of fused-ring (bicyclic) bond motifs is 1. The molecule has 0 fully saturated rings. The van der Waals surface area contributed by atoms with Crippen LogP contribution in [0.3, 0.4) is 0 Å². The van der Waals surface area contributed by atoms with Crippen LogP contribution in [0, 0.1) is 5.92 Å². The molecule has 1 atom stereocenters. The number of aromatic nitrogens is 3. The van der Waals surface area contributed by atoms with Crippen molar-refractivity contribution in [3.05, 3.63) is 46.2 Å². The van der Waals surface area contributed by atoms with E-state index in [1.54, 1.807) is 0 Å². The summed E-state index contributed by atoms with van der Waals surface area (Å²) < 4.78 is 2.00. The van der Waals surface area contributed by atoms with Gasteiger partial charge in [-0.1, -0.05) is 36.9 Å². The molecule has 7 heteroatoms. The summed E-state index contributed by atoms with van der Waals surface area (Å²) in [6.45, 7) is 2.32. The average molecular weight is 399 g/mol. The van der Waals surface area contributed by atoms with Gasteiger partial charge in [-0.05, 0) is 42.9 Å². The third kappa shape index (κ3) is 3.94. The Kier molecular flexibility index (Phi) is 5.31. The van der Waals surface area contributed by atoms with E-state index in [0.717, 1.165) is 29.0 Å². The zero-order chi connectivity index (χ0) is 18.8. The molecule has 0 aliphatic heterocycles. The quantitative estimate of drug-likeness (QED) is 0.647. The largest absolute Gasteiger partial charge is 0.325 e. The molecule has 0 spiro atoms. The van der Waals surface area contributed by atoms with Gasteiger partial charge in [0.1, 0.15) is 0 Å². The number of benzene rings is 1. The second-order valence-corrected chi connectivity index (χ2v) is 8.87. The molecule has 0 saturated heterocycles. The van der Waals surface area contributed by atoms with Crippen molar-refractivity contribution in [1.29, 1.82) is 0 Å². The number of thiophene rings is 1. The summed E-state index contributed by atoms with van der Waals surface area (Å²) >= 11 is 3.25. The van der Waals surface area contributed by atoms with E-state index < -0.39 is 0 Å². The molecule has 2 aromatic heterocycles. The van der Waals surface area contributed by atoms with Gasteiger partial charge in [0.05, 0.1) is 5.75 Å². The van der Waals surface area contributed by atoms with Crippen molar-refractivity contribution < 1.29 is 4.79 Å². The first kappa shape index (κ1) is 18.3. The van der Waals surface area contributed by atoms with Crippen LogP contribution >= 0.6 is 23.1 Å². The first-order valence-electron chi connectivity index (χ1n) is 9.08. The summed E-state index contributed by atoms with van der Waals surface area (Å²) in [4.78, 5) is 13.7. The van der Waals surface area contributed by atoms with E-state index in [9.17, 15) is 4.79 Å². The lowest BCUT2D eigenvalue weighted by atomic mass is 9.88. The lowest BCUT2D eigenvalue weighted by Crippen LogP contribution is -2.14. The van der Waals surface area contributed by atoms with E-state index in [2.05, 4.69) is 27.8 Å². The van der Waals surface area contributed by atoms with E-state index >= 15 is 0 Å². The Morgan fingerprint density at radius 3 is 2.96 bits per heavy atom. The van der Waals surface area contributed by atoms with E-state index in [4.69, 9.17) is 0 Å². The number of carbonyl (C=O) groups is 1. The van der Waals surface area contributed by atoms with Gasteiger partial charge in [-0.2, -0.15) is 0 Å². The highest BCUT2D eigenvalue weighted by Gasteiger charge is 2.23. The van der Waals surface area contributed by atoms with Gasteiger partial charge in [0.15, 0.2) is 11.0 Å². The number of para-hydroxylation sites is 1. The second-order valence-electron chi connectivity index (χ2n) is 6.97. The molecule has 0 bridgehead atoms. The van der Waals surface area contributed by atoms with E-state index in [1.807, 2.05) is 53.3 Å². The number of nitrogens with zero attached hydrogens (tertiary/aromatic N) is 3. The molecule has 1 aromatic carbocycles. The van der Waals surface area contributed by atoms with Gasteiger partial charge in [0.25, 0.3) is 0 Å². The number of hydrogen-bond acceptors (Lipinski definition) is 5. The third-order valence-corrected chi connectivity index (χ3v) is 6.94. The molecule has 2 heterocycles. The van der Waals surface area contributed by atoms with E-state index in [1.165, 1.54) is 40.6 Å². The highest BCUT2D eigenvalue weighted by molar-refractivity contribution is 7.99. The molecule has 1 amide bonds. The SMILES string of the molecule is CC1CCc2c(-c3nnc(SCC(=O)Nc4ccccc4)n3C)csc2C1. The van der Waals surface area contributed by atoms with Gasteiger partial charge in [-0.15, -0.1) is 21.5 Å². The van der Waals surface area contributed by atoms with Crippen molar-refractivity contribution in [3.8, 4) is 11.4 Å². The molecule has 5 nitrogen and oxygen atoms in total. The molecule has 0 radical (unpaired) electrons. The Bertz CT molecular complexity index is 948. The normalized spacial score (nSPS) is 16.1. The van der Waals surface area contributed by atoms with Crippen LogP contribution in [0.1, 0.15) is 23.8 Å². The fraction of sp³-hybridized carbons (Fsp3) is 0.350. The van der Waals surface area contributed by atoms with Gasteiger partial charge in [0, 0.05) is 28.6 Å². The van der Waals surface area contributed by atoms with Gasteiger partial charge < -0.3 is 9.88 Å². The zero-order valence-electron chi connectivity index (χ0n) is 15.4. The minimum absolute atomic E-state index is 0.0438. The topological polar surface area (TPSA) is 59.8 Å². The Hall–Kier alpha value is -2.12. The number of rotatable bonds is 5. The predicted octanol–water partition coefficient (Wildman–Crippen LogP) is 4.40.